The van der Waals surface area contributed by atoms with Crippen LogP contribution in [-0.4, -0.2) is 11.8 Å². The molecule has 0 aromatic heterocycles. The minimum Gasteiger partial charge on any atom is -0.423 e. The van der Waals surface area contributed by atoms with E-state index in [0.717, 1.165) is 15.6 Å². The number of ketones is 1. The summed E-state index contributed by atoms with van der Waals surface area (Å²) in [6, 6.07) is 21.5. The van der Waals surface area contributed by atoms with Crippen LogP contribution in [-0.2, 0) is 0 Å². The number of allylic oxidation sites excluding steroid dienone is 1. The number of aryl methyl sites for hydroxylation is 1. The molecule has 0 unspecified atom stereocenters. The first-order valence-corrected chi connectivity index (χ1v) is 9.18. The number of esters is 1. The summed E-state index contributed by atoms with van der Waals surface area (Å²) in [7, 11) is 0. The Kier molecular flexibility index (Phi) is 5.99. The normalized spacial score (nSPS) is 10.7. The molecule has 3 aromatic carbocycles. The lowest BCUT2D eigenvalue weighted by Crippen LogP contribution is -2.10. The number of benzene rings is 3. The van der Waals surface area contributed by atoms with Gasteiger partial charge in [-0.05, 0) is 66.6 Å². The number of carbonyl (C=O) groups excluding carboxylic acids is 2. The number of rotatable bonds is 5. The summed E-state index contributed by atoms with van der Waals surface area (Å²) in [6.45, 7) is 1.86. The van der Waals surface area contributed by atoms with Gasteiger partial charge in [-0.1, -0.05) is 52.3 Å². The monoisotopic (exact) mass is 420 g/mol. The van der Waals surface area contributed by atoms with Crippen LogP contribution in [0.25, 0.3) is 6.08 Å². The van der Waals surface area contributed by atoms with Crippen LogP contribution >= 0.6 is 15.9 Å². The van der Waals surface area contributed by atoms with Crippen molar-refractivity contribution in [3.05, 3.63) is 106 Å². The zero-order valence-corrected chi connectivity index (χ0v) is 16.3. The number of hydrogen-bond donors (Lipinski definition) is 0. The van der Waals surface area contributed by atoms with Gasteiger partial charge in [-0.2, -0.15) is 0 Å². The van der Waals surface area contributed by atoms with Crippen molar-refractivity contribution < 1.29 is 14.3 Å². The van der Waals surface area contributed by atoms with Crippen LogP contribution in [0, 0.1) is 6.92 Å². The second-order valence-electron chi connectivity index (χ2n) is 5.98. The van der Waals surface area contributed by atoms with E-state index in [1.807, 2.05) is 37.3 Å². The first-order chi connectivity index (χ1) is 13.0. The van der Waals surface area contributed by atoms with Crippen molar-refractivity contribution >= 4 is 33.8 Å². The van der Waals surface area contributed by atoms with Crippen molar-refractivity contribution in [2.75, 3.05) is 0 Å². The molecule has 0 saturated heterocycles. The van der Waals surface area contributed by atoms with Gasteiger partial charge in [0.15, 0.2) is 5.78 Å². The van der Waals surface area contributed by atoms with Crippen molar-refractivity contribution in [2.24, 2.45) is 0 Å². The molecule has 0 N–H and O–H groups in total. The molecule has 27 heavy (non-hydrogen) atoms. The molecular weight excluding hydrogens is 404 g/mol. The standard InChI is InChI=1S/C23H17BrO3/c1-16-5-2-3-8-21(16)23(26)27-20-7-4-6-17(15-20)9-14-22(25)18-10-12-19(24)13-11-18/h2-15H,1H3. The molecule has 3 nitrogen and oxygen atoms in total. The zero-order valence-electron chi connectivity index (χ0n) is 14.7. The number of halogens is 1. The lowest BCUT2D eigenvalue weighted by Gasteiger charge is -2.07. The van der Waals surface area contributed by atoms with Crippen LogP contribution in [0.1, 0.15) is 31.8 Å². The summed E-state index contributed by atoms with van der Waals surface area (Å²) in [5.74, 6) is -0.0635. The minimum absolute atomic E-state index is 0.0928. The molecule has 0 amide bonds. The van der Waals surface area contributed by atoms with Crippen LogP contribution in [0.3, 0.4) is 0 Å². The summed E-state index contributed by atoms with van der Waals surface area (Å²) in [4.78, 5) is 24.6. The minimum atomic E-state index is -0.403. The molecule has 0 saturated carbocycles. The molecule has 0 fully saturated rings. The molecule has 0 atom stereocenters. The molecule has 4 heteroatoms. The van der Waals surface area contributed by atoms with E-state index in [2.05, 4.69) is 15.9 Å². The van der Waals surface area contributed by atoms with E-state index < -0.39 is 5.97 Å². The molecule has 3 rings (SSSR count). The predicted octanol–water partition coefficient (Wildman–Crippen LogP) is 5.87. The topological polar surface area (TPSA) is 43.4 Å². The Hall–Kier alpha value is -2.98. The van der Waals surface area contributed by atoms with Gasteiger partial charge in [0.25, 0.3) is 0 Å². The highest BCUT2D eigenvalue weighted by Crippen LogP contribution is 2.18. The Bertz CT molecular complexity index is 1000. The molecule has 0 radical (unpaired) electrons. The lowest BCUT2D eigenvalue weighted by molar-refractivity contribution is 0.0733. The van der Waals surface area contributed by atoms with Crippen LogP contribution in [0.5, 0.6) is 5.75 Å². The Morgan fingerprint density at radius 1 is 0.926 bits per heavy atom. The SMILES string of the molecule is Cc1ccccc1C(=O)Oc1cccc(C=CC(=O)c2ccc(Br)cc2)c1. The average molecular weight is 421 g/mol. The van der Waals surface area contributed by atoms with Gasteiger partial charge in [-0.15, -0.1) is 0 Å². The van der Waals surface area contributed by atoms with Crippen LogP contribution in [0.2, 0.25) is 0 Å². The van der Waals surface area contributed by atoms with Gasteiger partial charge in [-0.25, -0.2) is 4.79 Å². The Labute approximate surface area is 166 Å². The molecule has 3 aromatic rings. The average Bonchev–Trinajstić information content (AvgIpc) is 2.67. The van der Waals surface area contributed by atoms with E-state index in [0.29, 0.717) is 16.9 Å². The van der Waals surface area contributed by atoms with Gasteiger partial charge < -0.3 is 4.74 Å². The molecule has 0 aliphatic carbocycles. The maximum absolute atomic E-state index is 12.3. The summed E-state index contributed by atoms with van der Waals surface area (Å²) in [5, 5.41) is 0. The lowest BCUT2D eigenvalue weighted by atomic mass is 10.1. The molecule has 0 spiro atoms. The number of ether oxygens (including phenoxy) is 1. The van der Waals surface area contributed by atoms with Gasteiger partial charge in [0.05, 0.1) is 5.56 Å². The third-order valence-corrected chi connectivity index (χ3v) is 4.52. The number of hydrogen-bond acceptors (Lipinski definition) is 3. The Balaban J connectivity index is 1.72. The first-order valence-electron chi connectivity index (χ1n) is 8.39. The molecule has 0 heterocycles. The van der Waals surface area contributed by atoms with Gasteiger partial charge in [0.1, 0.15) is 5.75 Å². The van der Waals surface area contributed by atoms with Gasteiger partial charge in [-0.3, -0.25) is 4.79 Å². The van der Waals surface area contributed by atoms with Gasteiger partial charge >= 0.3 is 5.97 Å². The van der Waals surface area contributed by atoms with E-state index >= 15 is 0 Å². The zero-order chi connectivity index (χ0) is 19.2. The Morgan fingerprint density at radius 3 is 2.41 bits per heavy atom. The third kappa shape index (κ3) is 5.02. The van der Waals surface area contributed by atoms with Crippen molar-refractivity contribution in [1.29, 1.82) is 0 Å². The van der Waals surface area contributed by atoms with Gasteiger partial charge in [0.2, 0.25) is 0 Å². The van der Waals surface area contributed by atoms with Crippen molar-refractivity contribution in [1.82, 2.24) is 0 Å². The van der Waals surface area contributed by atoms with E-state index in [1.165, 1.54) is 6.08 Å². The van der Waals surface area contributed by atoms with E-state index in [-0.39, 0.29) is 5.78 Å². The Morgan fingerprint density at radius 2 is 1.67 bits per heavy atom. The molecule has 0 aliphatic rings. The fourth-order valence-electron chi connectivity index (χ4n) is 2.53. The highest BCUT2D eigenvalue weighted by Gasteiger charge is 2.11. The smallest absolute Gasteiger partial charge is 0.343 e. The summed E-state index contributed by atoms with van der Waals surface area (Å²) in [5.41, 5.74) is 2.77. The second-order valence-corrected chi connectivity index (χ2v) is 6.90. The summed E-state index contributed by atoms with van der Waals surface area (Å²) in [6.07, 6.45) is 3.21. The largest absolute Gasteiger partial charge is 0.423 e. The first kappa shape index (κ1) is 18.8. The molecule has 134 valence electrons. The summed E-state index contributed by atoms with van der Waals surface area (Å²) >= 11 is 3.35. The van der Waals surface area contributed by atoms with Crippen molar-refractivity contribution in [2.45, 2.75) is 6.92 Å². The van der Waals surface area contributed by atoms with Crippen molar-refractivity contribution in [3.8, 4) is 5.75 Å². The molecular formula is C23H17BrO3. The summed E-state index contributed by atoms with van der Waals surface area (Å²) < 4.78 is 6.39. The van der Waals surface area contributed by atoms with Gasteiger partial charge in [0, 0.05) is 10.0 Å². The molecule has 0 bridgehead atoms. The highest BCUT2D eigenvalue weighted by molar-refractivity contribution is 9.10. The molecule has 0 aliphatic heterocycles. The van der Waals surface area contributed by atoms with Crippen LogP contribution in [0.15, 0.2) is 83.3 Å². The van der Waals surface area contributed by atoms with E-state index in [1.54, 1.807) is 48.5 Å². The predicted molar refractivity (Wildman–Crippen MR) is 110 cm³/mol. The highest BCUT2D eigenvalue weighted by atomic mass is 79.9. The second kappa shape index (κ2) is 8.60. The fraction of sp³-hybridized carbons (Fsp3) is 0.0435. The number of carbonyl (C=O) groups is 2. The third-order valence-electron chi connectivity index (χ3n) is 3.99. The van der Waals surface area contributed by atoms with E-state index in [9.17, 15) is 9.59 Å². The maximum atomic E-state index is 12.3. The van der Waals surface area contributed by atoms with Crippen molar-refractivity contribution in [3.63, 3.8) is 0 Å². The van der Waals surface area contributed by atoms with E-state index in [4.69, 9.17) is 4.74 Å². The fourth-order valence-corrected chi connectivity index (χ4v) is 2.79. The maximum Gasteiger partial charge on any atom is 0.343 e. The van der Waals surface area contributed by atoms with Crippen LogP contribution in [0.4, 0.5) is 0 Å². The van der Waals surface area contributed by atoms with Crippen LogP contribution < -0.4 is 4.74 Å². The quantitative estimate of drug-likeness (QED) is 0.224.